The lowest BCUT2D eigenvalue weighted by Crippen LogP contribution is -2.46. The van der Waals surface area contributed by atoms with Crippen LogP contribution in [0.15, 0.2) is 18.2 Å². The second-order valence-electron chi connectivity index (χ2n) is 5.32. The van der Waals surface area contributed by atoms with Gasteiger partial charge in [-0.2, -0.15) is 0 Å². The lowest BCUT2D eigenvalue weighted by atomic mass is 10.3. The molecule has 1 fully saturated rings. The summed E-state index contributed by atoms with van der Waals surface area (Å²) in [5, 5.41) is 3.37. The van der Waals surface area contributed by atoms with Gasteiger partial charge in [-0.15, -0.1) is 0 Å². The Hall–Kier alpha value is -1.34. The summed E-state index contributed by atoms with van der Waals surface area (Å²) in [6.07, 6.45) is 0. The molecule has 0 unspecified atom stereocenters. The van der Waals surface area contributed by atoms with Gasteiger partial charge in [-0.25, -0.2) is 0 Å². The van der Waals surface area contributed by atoms with Gasteiger partial charge < -0.3 is 15.0 Å². The van der Waals surface area contributed by atoms with Crippen LogP contribution in [0.3, 0.4) is 0 Å². The van der Waals surface area contributed by atoms with Gasteiger partial charge in [0, 0.05) is 13.1 Å². The third-order valence-corrected chi connectivity index (χ3v) is 4.23. The lowest BCUT2D eigenvalue weighted by molar-refractivity contribution is -0.136. The Morgan fingerprint density at radius 2 is 1.96 bits per heavy atom. The van der Waals surface area contributed by atoms with Gasteiger partial charge in [0.25, 0.3) is 0 Å². The van der Waals surface area contributed by atoms with E-state index in [-0.39, 0.29) is 24.9 Å². The first kappa shape index (κ1) is 18.0. The van der Waals surface area contributed by atoms with E-state index in [0.717, 1.165) is 0 Å². The molecule has 1 heterocycles. The summed E-state index contributed by atoms with van der Waals surface area (Å²) in [5.74, 6) is -0.268. The number of hydrogen-bond donors (Lipinski definition) is 1. The maximum Gasteiger partial charge on any atom is 0.238 e. The first-order chi connectivity index (χ1) is 11.0. The summed E-state index contributed by atoms with van der Waals surface area (Å²) in [6.45, 7) is 2.57. The standard InChI is InChI=1S/C15H19Cl2N3O3/c1-19(10-14(22)20-5-7-23-8-6-20)9-13(21)18-12-4-2-3-11(16)15(12)17/h2-4H,5-10H2,1H3,(H,18,21). The molecule has 0 spiro atoms. The molecule has 0 aliphatic carbocycles. The van der Waals surface area contributed by atoms with Crippen LogP contribution in [0.1, 0.15) is 0 Å². The van der Waals surface area contributed by atoms with Crippen LogP contribution >= 0.6 is 23.2 Å². The Labute approximate surface area is 145 Å². The number of morpholine rings is 1. The molecule has 0 atom stereocenters. The molecule has 0 radical (unpaired) electrons. The minimum atomic E-state index is -0.258. The van der Waals surface area contributed by atoms with Crippen molar-refractivity contribution in [1.82, 2.24) is 9.80 Å². The van der Waals surface area contributed by atoms with Crippen molar-refractivity contribution in [3.05, 3.63) is 28.2 Å². The third kappa shape index (κ3) is 5.35. The Balaban J connectivity index is 1.82. The van der Waals surface area contributed by atoms with Gasteiger partial charge in [0.15, 0.2) is 0 Å². The summed E-state index contributed by atoms with van der Waals surface area (Å²) in [5.41, 5.74) is 0.456. The first-order valence-corrected chi connectivity index (χ1v) is 8.01. The highest BCUT2D eigenvalue weighted by atomic mass is 35.5. The first-order valence-electron chi connectivity index (χ1n) is 7.25. The zero-order valence-corrected chi connectivity index (χ0v) is 14.4. The summed E-state index contributed by atoms with van der Waals surface area (Å²) in [7, 11) is 1.72. The summed E-state index contributed by atoms with van der Waals surface area (Å²) in [6, 6.07) is 5.02. The lowest BCUT2D eigenvalue weighted by Gasteiger charge is -2.28. The fourth-order valence-corrected chi connectivity index (χ4v) is 2.58. The molecule has 1 N–H and O–H groups in total. The average Bonchev–Trinajstić information content (AvgIpc) is 2.52. The Kier molecular flexibility index (Phi) is 6.65. The van der Waals surface area contributed by atoms with Crippen LogP contribution in [0.2, 0.25) is 10.0 Å². The predicted molar refractivity (Wildman–Crippen MR) is 90.0 cm³/mol. The highest BCUT2D eigenvalue weighted by molar-refractivity contribution is 6.44. The van der Waals surface area contributed by atoms with Crippen molar-refractivity contribution in [3.8, 4) is 0 Å². The fraction of sp³-hybridized carbons (Fsp3) is 0.467. The van der Waals surface area contributed by atoms with Crippen LogP contribution in [0, 0.1) is 0 Å². The molecule has 2 amide bonds. The van der Waals surface area contributed by atoms with Gasteiger partial charge >= 0.3 is 0 Å². The SMILES string of the molecule is CN(CC(=O)Nc1cccc(Cl)c1Cl)CC(=O)N1CCOCC1. The predicted octanol–water partition coefficient (Wildman–Crippen LogP) is 1.72. The van der Waals surface area contributed by atoms with E-state index in [4.69, 9.17) is 27.9 Å². The molecular formula is C15H19Cl2N3O3. The van der Waals surface area contributed by atoms with Gasteiger partial charge in [-0.05, 0) is 19.2 Å². The van der Waals surface area contributed by atoms with E-state index in [1.54, 1.807) is 35.0 Å². The molecule has 6 nitrogen and oxygen atoms in total. The number of nitrogens with one attached hydrogen (secondary N) is 1. The Morgan fingerprint density at radius 3 is 2.65 bits per heavy atom. The number of anilines is 1. The van der Waals surface area contributed by atoms with Gasteiger partial charge in [0.2, 0.25) is 11.8 Å². The Morgan fingerprint density at radius 1 is 1.26 bits per heavy atom. The minimum Gasteiger partial charge on any atom is -0.378 e. The van der Waals surface area contributed by atoms with Crippen LogP contribution in [0.5, 0.6) is 0 Å². The van der Waals surface area contributed by atoms with Crippen molar-refractivity contribution in [2.45, 2.75) is 0 Å². The molecule has 0 saturated carbocycles. The highest BCUT2D eigenvalue weighted by Gasteiger charge is 2.19. The van der Waals surface area contributed by atoms with Crippen molar-refractivity contribution in [2.24, 2.45) is 0 Å². The molecule has 23 heavy (non-hydrogen) atoms. The number of halogens is 2. The van der Waals surface area contributed by atoms with Gasteiger partial charge in [-0.1, -0.05) is 29.3 Å². The molecule has 1 aromatic carbocycles. The van der Waals surface area contributed by atoms with Crippen LogP contribution in [0.25, 0.3) is 0 Å². The van der Waals surface area contributed by atoms with E-state index in [2.05, 4.69) is 5.32 Å². The van der Waals surface area contributed by atoms with E-state index in [0.29, 0.717) is 42.0 Å². The number of carbonyl (C=O) groups excluding carboxylic acids is 2. The number of hydrogen-bond acceptors (Lipinski definition) is 4. The van der Waals surface area contributed by atoms with Crippen LogP contribution in [0.4, 0.5) is 5.69 Å². The number of rotatable bonds is 5. The van der Waals surface area contributed by atoms with Crippen molar-refractivity contribution >= 4 is 40.7 Å². The largest absolute Gasteiger partial charge is 0.378 e. The fourth-order valence-electron chi connectivity index (χ4n) is 2.23. The molecular weight excluding hydrogens is 341 g/mol. The smallest absolute Gasteiger partial charge is 0.238 e. The second kappa shape index (κ2) is 8.49. The number of nitrogens with zero attached hydrogens (tertiary/aromatic N) is 2. The normalized spacial score (nSPS) is 14.9. The second-order valence-corrected chi connectivity index (χ2v) is 6.10. The summed E-state index contributed by atoms with van der Waals surface area (Å²) >= 11 is 11.9. The van der Waals surface area contributed by atoms with Crippen molar-refractivity contribution in [1.29, 1.82) is 0 Å². The van der Waals surface area contributed by atoms with Crippen molar-refractivity contribution in [3.63, 3.8) is 0 Å². The topological polar surface area (TPSA) is 61.9 Å². The molecule has 0 bridgehead atoms. The van der Waals surface area contributed by atoms with Crippen LogP contribution in [-0.4, -0.2) is 68.1 Å². The average molecular weight is 360 g/mol. The molecule has 1 aromatic rings. The number of amides is 2. The molecule has 1 saturated heterocycles. The highest BCUT2D eigenvalue weighted by Crippen LogP contribution is 2.29. The van der Waals surface area contributed by atoms with Crippen molar-refractivity contribution < 1.29 is 14.3 Å². The monoisotopic (exact) mass is 359 g/mol. The number of carbonyl (C=O) groups is 2. The molecule has 126 valence electrons. The van der Waals surface area contributed by atoms with Gasteiger partial charge in [0.05, 0.1) is 42.0 Å². The molecule has 1 aliphatic heterocycles. The number of benzene rings is 1. The number of likely N-dealkylation sites (N-methyl/N-ethyl adjacent to an activating group) is 1. The molecule has 2 rings (SSSR count). The van der Waals surface area contributed by atoms with Crippen molar-refractivity contribution in [2.75, 3.05) is 51.8 Å². The minimum absolute atomic E-state index is 0.00983. The zero-order chi connectivity index (χ0) is 16.8. The summed E-state index contributed by atoms with van der Waals surface area (Å²) < 4.78 is 5.21. The number of ether oxygens (including phenoxy) is 1. The maximum absolute atomic E-state index is 12.1. The van der Waals surface area contributed by atoms with E-state index >= 15 is 0 Å². The zero-order valence-electron chi connectivity index (χ0n) is 12.8. The molecule has 8 heteroatoms. The van der Waals surface area contributed by atoms with E-state index in [1.165, 1.54) is 0 Å². The van der Waals surface area contributed by atoms with Gasteiger partial charge in [-0.3, -0.25) is 14.5 Å². The Bertz CT molecular complexity index is 577. The van der Waals surface area contributed by atoms with E-state index < -0.39 is 0 Å². The molecule has 1 aliphatic rings. The quantitative estimate of drug-likeness (QED) is 0.869. The van der Waals surface area contributed by atoms with Crippen LogP contribution < -0.4 is 5.32 Å². The molecule has 0 aromatic heterocycles. The van der Waals surface area contributed by atoms with Crippen LogP contribution in [-0.2, 0) is 14.3 Å². The van der Waals surface area contributed by atoms with E-state index in [1.807, 2.05) is 0 Å². The maximum atomic E-state index is 12.1. The third-order valence-electron chi connectivity index (χ3n) is 3.41. The van der Waals surface area contributed by atoms with Gasteiger partial charge in [0.1, 0.15) is 0 Å². The van der Waals surface area contributed by atoms with E-state index in [9.17, 15) is 9.59 Å². The summed E-state index contributed by atoms with van der Waals surface area (Å²) in [4.78, 5) is 27.6.